The van der Waals surface area contributed by atoms with E-state index in [1.165, 1.54) is 11.1 Å². The van der Waals surface area contributed by atoms with Crippen molar-refractivity contribution in [1.82, 2.24) is 30.1 Å². The summed E-state index contributed by atoms with van der Waals surface area (Å²) in [5.41, 5.74) is 3.66. The van der Waals surface area contributed by atoms with Crippen LogP contribution in [-0.2, 0) is 24.2 Å². The number of benzene rings is 2. The molecule has 0 amide bonds. The van der Waals surface area contributed by atoms with Crippen molar-refractivity contribution < 1.29 is 14.2 Å². The molecule has 192 valence electrons. The Morgan fingerprint density at radius 1 is 1.14 bits per heavy atom. The van der Waals surface area contributed by atoms with E-state index in [0.717, 1.165) is 37.8 Å². The van der Waals surface area contributed by atoms with Gasteiger partial charge in [0, 0.05) is 36.7 Å². The quantitative estimate of drug-likeness (QED) is 0.411. The average molecular weight is 503 g/mol. The van der Waals surface area contributed by atoms with E-state index >= 15 is 0 Å². The van der Waals surface area contributed by atoms with Crippen LogP contribution in [0.3, 0.4) is 0 Å². The molecule has 10 heteroatoms. The molecule has 0 unspecified atom stereocenters. The highest BCUT2D eigenvalue weighted by Crippen LogP contribution is 2.35. The summed E-state index contributed by atoms with van der Waals surface area (Å²) in [7, 11) is 3.18. The summed E-state index contributed by atoms with van der Waals surface area (Å²) in [6.07, 6.45) is 2.96. The topological polar surface area (TPSA) is 107 Å². The summed E-state index contributed by atoms with van der Waals surface area (Å²) in [4.78, 5) is 19.0. The van der Waals surface area contributed by atoms with E-state index in [9.17, 15) is 4.79 Å². The van der Waals surface area contributed by atoms with E-state index in [4.69, 9.17) is 14.2 Å². The molecular formula is C27H30N6O4. The number of nitrogens with zero attached hydrogens (tertiary/aromatic N) is 5. The molecule has 1 N–H and O–H groups in total. The Hall–Kier alpha value is -3.76. The lowest BCUT2D eigenvalue weighted by Gasteiger charge is -2.35. The van der Waals surface area contributed by atoms with E-state index in [1.807, 2.05) is 12.1 Å². The molecule has 37 heavy (non-hydrogen) atoms. The number of ether oxygens (including phenoxy) is 3. The Kier molecular flexibility index (Phi) is 6.35. The average Bonchev–Trinajstić information content (AvgIpc) is 3.61. The van der Waals surface area contributed by atoms with Gasteiger partial charge in [0.1, 0.15) is 6.04 Å². The molecule has 2 aromatic heterocycles. The van der Waals surface area contributed by atoms with Crippen LogP contribution in [0.1, 0.15) is 41.4 Å². The number of tetrazole rings is 1. The minimum absolute atomic E-state index is 0.0663. The van der Waals surface area contributed by atoms with Gasteiger partial charge in [-0.05, 0) is 52.9 Å². The maximum Gasteiger partial charge on any atom is 0.253 e. The van der Waals surface area contributed by atoms with Crippen molar-refractivity contribution in [2.24, 2.45) is 0 Å². The molecule has 0 bridgehead atoms. The molecule has 10 nitrogen and oxygen atoms in total. The molecule has 2 aromatic carbocycles. The van der Waals surface area contributed by atoms with Gasteiger partial charge in [0.2, 0.25) is 0 Å². The number of methoxy groups -OCH3 is 2. The Labute approximate surface area is 214 Å². The summed E-state index contributed by atoms with van der Waals surface area (Å²) < 4.78 is 18.6. The van der Waals surface area contributed by atoms with Crippen LogP contribution in [0.2, 0.25) is 0 Å². The highest BCUT2D eigenvalue weighted by molar-refractivity contribution is 5.83. The first-order valence-electron chi connectivity index (χ1n) is 12.6. The number of hydrogen-bond donors (Lipinski definition) is 1. The Bertz CT molecular complexity index is 1480. The Morgan fingerprint density at radius 2 is 1.95 bits per heavy atom. The summed E-state index contributed by atoms with van der Waals surface area (Å²) in [5.74, 6) is 1.79. The van der Waals surface area contributed by atoms with Crippen LogP contribution in [0.5, 0.6) is 11.5 Å². The Morgan fingerprint density at radius 3 is 2.73 bits per heavy atom. The van der Waals surface area contributed by atoms with Crippen LogP contribution in [0.15, 0.2) is 47.3 Å². The normalized spacial score (nSPS) is 18.6. The predicted octanol–water partition coefficient (Wildman–Crippen LogP) is 2.86. The van der Waals surface area contributed by atoms with Crippen LogP contribution < -0.4 is 15.0 Å². The van der Waals surface area contributed by atoms with E-state index in [0.29, 0.717) is 41.5 Å². The number of fused-ring (bicyclic) bond motifs is 2. The fraction of sp³-hybridized carbons (Fsp3) is 0.407. The lowest BCUT2D eigenvalue weighted by molar-refractivity contribution is 0.0904. The van der Waals surface area contributed by atoms with E-state index < -0.39 is 6.04 Å². The largest absolute Gasteiger partial charge is 0.493 e. The van der Waals surface area contributed by atoms with Crippen LogP contribution in [0.4, 0.5) is 0 Å². The number of hydrogen-bond acceptors (Lipinski definition) is 8. The lowest BCUT2D eigenvalue weighted by Crippen LogP contribution is -2.39. The lowest BCUT2D eigenvalue weighted by atomic mass is 9.96. The first kappa shape index (κ1) is 23.6. The molecule has 0 saturated carbocycles. The van der Waals surface area contributed by atoms with Gasteiger partial charge >= 0.3 is 0 Å². The van der Waals surface area contributed by atoms with E-state index in [2.05, 4.69) is 49.7 Å². The summed E-state index contributed by atoms with van der Waals surface area (Å²) >= 11 is 0. The maximum absolute atomic E-state index is 13.6. The zero-order valence-electron chi connectivity index (χ0n) is 21.0. The highest BCUT2D eigenvalue weighted by atomic mass is 16.5. The van der Waals surface area contributed by atoms with Crippen molar-refractivity contribution in [3.05, 3.63) is 75.3 Å². The maximum atomic E-state index is 13.6. The molecule has 4 heterocycles. The molecule has 2 atom stereocenters. The zero-order valence-corrected chi connectivity index (χ0v) is 21.0. The van der Waals surface area contributed by atoms with Crippen LogP contribution >= 0.6 is 0 Å². The van der Waals surface area contributed by atoms with Gasteiger partial charge in [-0.15, -0.1) is 5.10 Å². The predicted molar refractivity (Wildman–Crippen MR) is 137 cm³/mol. The van der Waals surface area contributed by atoms with E-state index in [1.54, 1.807) is 25.0 Å². The summed E-state index contributed by atoms with van der Waals surface area (Å²) in [5, 5.41) is 13.6. The van der Waals surface area contributed by atoms with Gasteiger partial charge in [-0.1, -0.05) is 24.3 Å². The first-order valence-corrected chi connectivity index (χ1v) is 12.6. The van der Waals surface area contributed by atoms with E-state index in [-0.39, 0.29) is 11.7 Å². The molecule has 1 saturated heterocycles. The van der Waals surface area contributed by atoms with Gasteiger partial charge in [-0.3, -0.25) is 9.69 Å². The summed E-state index contributed by atoms with van der Waals surface area (Å²) in [6, 6.07) is 13.6. The standard InChI is InChI=1S/C27H30N6O4/c1-35-23-13-19-12-21(27(34)28-22(19)14-24(23)36-2)25(32-10-9-17-6-3-4-7-18(17)15-32)26-29-30-31-33(26)16-20-8-5-11-37-20/h3-4,6-7,12-14,20,25H,5,8-11,15-16H2,1-2H3,(H,28,34)/t20-,25-/m1/s1. The number of aromatic amines is 1. The molecule has 4 aromatic rings. The summed E-state index contributed by atoms with van der Waals surface area (Å²) in [6.45, 7) is 2.78. The van der Waals surface area contributed by atoms with Crippen molar-refractivity contribution in [1.29, 1.82) is 0 Å². The molecule has 2 aliphatic heterocycles. The number of nitrogens with one attached hydrogen (secondary N) is 1. The molecule has 6 rings (SSSR count). The van der Waals surface area contributed by atoms with Crippen LogP contribution in [0.25, 0.3) is 10.9 Å². The van der Waals surface area contributed by atoms with Crippen molar-refractivity contribution in [2.45, 2.75) is 44.5 Å². The van der Waals surface area contributed by atoms with Gasteiger partial charge in [-0.25, -0.2) is 4.68 Å². The minimum atomic E-state index is -0.439. The number of pyridine rings is 1. The first-order chi connectivity index (χ1) is 18.1. The number of aromatic nitrogens is 5. The fourth-order valence-corrected chi connectivity index (χ4v) is 5.51. The van der Waals surface area contributed by atoms with Crippen molar-refractivity contribution in [2.75, 3.05) is 27.4 Å². The minimum Gasteiger partial charge on any atom is -0.493 e. The zero-order chi connectivity index (χ0) is 25.4. The van der Waals surface area contributed by atoms with Gasteiger partial charge in [0.25, 0.3) is 5.56 Å². The molecule has 0 radical (unpaired) electrons. The third-order valence-electron chi connectivity index (χ3n) is 7.40. The number of H-pyrrole nitrogens is 1. The molecular weight excluding hydrogens is 472 g/mol. The van der Waals surface area contributed by atoms with Crippen molar-refractivity contribution in [3.63, 3.8) is 0 Å². The second kappa shape index (κ2) is 9.95. The number of rotatable bonds is 7. The molecule has 0 spiro atoms. The van der Waals surface area contributed by atoms with Gasteiger partial charge < -0.3 is 19.2 Å². The Balaban J connectivity index is 1.47. The van der Waals surface area contributed by atoms with Crippen molar-refractivity contribution in [3.8, 4) is 11.5 Å². The smallest absolute Gasteiger partial charge is 0.253 e. The van der Waals surface area contributed by atoms with Gasteiger partial charge in [-0.2, -0.15) is 0 Å². The van der Waals surface area contributed by atoms with Crippen molar-refractivity contribution >= 4 is 10.9 Å². The van der Waals surface area contributed by atoms with Gasteiger partial charge in [0.05, 0.1) is 32.4 Å². The highest BCUT2D eigenvalue weighted by Gasteiger charge is 2.33. The third-order valence-corrected chi connectivity index (χ3v) is 7.40. The second-order valence-electron chi connectivity index (χ2n) is 9.59. The van der Waals surface area contributed by atoms with Gasteiger partial charge in [0.15, 0.2) is 17.3 Å². The molecule has 0 aliphatic carbocycles. The third kappa shape index (κ3) is 4.47. The van der Waals surface area contributed by atoms with Crippen LogP contribution in [-0.4, -0.2) is 63.6 Å². The fourth-order valence-electron chi connectivity index (χ4n) is 5.51. The SMILES string of the molecule is COc1cc2cc([C@H](c3nnnn3C[C@H]3CCCO3)N3CCc4ccccc4C3)c(=O)[nH]c2cc1OC. The van der Waals surface area contributed by atoms with Crippen LogP contribution in [0, 0.1) is 0 Å². The molecule has 2 aliphatic rings. The second-order valence-corrected chi connectivity index (χ2v) is 9.59. The monoisotopic (exact) mass is 502 g/mol. The molecule has 1 fully saturated rings.